The van der Waals surface area contributed by atoms with Gasteiger partial charge in [0.05, 0.1) is 7.11 Å². The van der Waals surface area contributed by atoms with E-state index in [1.165, 1.54) is 0 Å². The van der Waals surface area contributed by atoms with Crippen molar-refractivity contribution >= 4 is 11.6 Å². The second-order valence-electron chi connectivity index (χ2n) is 6.70. The summed E-state index contributed by atoms with van der Waals surface area (Å²) in [6.07, 6.45) is 0. The molecule has 0 atom stereocenters. The summed E-state index contributed by atoms with van der Waals surface area (Å²) in [6, 6.07) is 24.5. The van der Waals surface area contributed by atoms with E-state index in [1.54, 1.807) is 7.11 Å². The molecule has 0 saturated carbocycles. The van der Waals surface area contributed by atoms with Gasteiger partial charge in [-0.3, -0.25) is 4.79 Å². The molecule has 5 heteroatoms. The number of carbonyl (C=O) groups is 1. The van der Waals surface area contributed by atoms with E-state index < -0.39 is 0 Å². The van der Waals surface area contributed by atoms with Crippen LogP contribution >= 0.6 is 0 Å². The Hall–Kier alpha value is -3.86. The minimum absolute atomic E-state index is 0.140. The van der Waals surface area contributed by atoms with Crippen LogP contribution in [-0.2, 0) is 0 Å². The number of rotatable bonds is 5. The quantitative estimate of drug-likeness (QED) is 0.488. The van der Waals surface area contributed by atoms with Crippen LogP contribution in [0, 0.1) is 6.92 Å². The number of nitrogens with one attached hydrogen (secondary N) is 1. The summed E-state index contributed by atoms with van der Waals surface area (Å²) in [6.45, 7) is 1.99. The summed E-state index contributed by atoms with van der Waals surface area (Å²) in [5.41, 5.74) is 5.04. The van der Waals surface area contributed by atoms with Crippen LogP contribution in [0.3, 0.4) is 0 Å². The highest BCUT2D eigenvalue weighted by molar-refractivity contribution is 6.04. The van der Waals surface area contributed by atoms with Gasteiger partial charge in [-0.05, 0) is 67.6 Å². The van der Waals surface area contributed by atoms with E-state index in [1.807, 2.05) is 85.8 Å². The van der Waals surface area contributed by atoms with Crippen molar-refractivity contribution in [3.05, 3.63) is 90.0 Å². The Labute approximate surface area is 168 Å². The SMILES string of the molecule is COc1ccc(-c2cc(-c3ccc(NC(=O)c4ccc(C)cc4)cc3)on2)cc1. The first-order valence-corrected chi connectivity index (χ1v) is 9.22. The van der Waals surface area contributed by atoms with Gasteiger partial charge in [0, 0.05) is 28.4 Å². The molecule has 0 aliphatic rings. The Morgan fingerprint density at radius 3 is 2.21 bits per heavy atom. The lowest BCUT2D eigenvalue weighted by Gasteiger charge is -2.06. The maximum absolute atomic E-state index is 12.3. The standard InChI is InChI=1S/C24H20N2O3/c1-16-3-5-19(6-4-16)24(27)25-20-11-7-18(8-12-20)23-15-22(26-29-23)17-9-13-21(28-2)14-10-17/h3-15H,1-2H3,(H,25,27). The minimum Gasteiger partial charge on any atom is -0.497 e. The van der Waals surface area contributed by atoms with Gasteiger partial charge in [0.2, 0.25) is 0 Å². The molecule has 0 unspecified atom stereocenters. The molecule has 1 heterocycles. The predicted molar refractivity (Wildman–Crippen MR) is 113 cm³/mol. The van der Waals surface area contributed by atoms with Crippen LogP contribution in [0.5, 0.6) is 5.75 Å². The molecular formula is C24H20N2O3. The Morgan fingerprint density at radius 1 is 0.897 bits per heavy atom. The van der Waals surface area contributed by atoms with Crippen LogP contribution in [0.4, 0.5) is 5.69 Å². The lowest BCUT2D eigenvalue weighted by molar-refractivity contribution is 0.102. The molecule has 0 aliphatic heterocycles. The fraction of sp³-hybridized carbons (Fsp3) is 0.0833. The van der Waals surface area contributed by atoms with Crippen LogP contribution in [0.1, 0.15) is 15.9 Å². The molecule has 0 bridgehead atoms. The van der Waals surface area contributed by atoms with Crippen molar-refractivity contribution in [2.75, 3.05) is 12.4 Å². The molecular weight excluding hydrogens is 364 g/mol. The number of aromatic nitrogens is 1. The predicted octanol–water partition coefficient (Wildman–Crippen LogP) is 5.58. The number of amides is 1. The molecule has 5 nitrogen and oxygen atoms in total. The molecule has 3 aromatic carbocycles. The van der Waals surface area contributed by atoms with Gasteiger partial charge in [0.25, 0.3) is 5.91 Å². The Morgan fingerprint density at radius 2 is 1.55 bits per heavy atom. The zero-order valence-corrected chi connectivity index (χ0v) is 16.2. The Bertz CT molecular complexity index is 1110. The topological polar surface area (TPSA) is 64.4 Å². The van der Waals surface area contributed by atoms with Crippen molar-refractivity contribution in [1.82, 2.24) is 5.16 Å². The van der Waals surface area contributed by atoms with Crippen LogP contribution in [0.15, 0.2) is 83.4 Å². The van der Waals surface area contributed by atoms with Gasteiger partial charge in [0.15, 0.2) is 5.76 Å². The van der Waals surface area contributed by atoms with E-state index in [9.17, 15) is 4.79 Å². The number of hydrogen-bond donors (Lipinski definition) is 1. The zero-order chi connectivity index (χ0) is 20.2. The number of aryl methyl sites for hydroxylation is 1. The Kier molecular flexibility index (Phi) is 5.12. The van der Waals surface area contributed by atoms with Gasteiger partial charge in [-0.15, -0.1) is 0 Å². The fourth-order valence-electron chi connectivity index (χ4n) is 2.94. The zero-order valence-electron chi connectivity index (χ0n) is 16.2. The molecule has 0 fully saturated rings. The normalized spacial score (nSPS) is 10.6. The van der Waals surface area contributed by atoms with E-state index in [0.717, 1.165) is 28.1 Å². The summed E-state index contributed by atoms with van der Waals surface area (Å²) in [7, 11) is 1.64. The van der Waals surface area contributed by atoms with Crippen LogP contribution in [0.2, 0.25) is 0 Å². The number of carbonyl (C=O) groups excluding carboxylic acids is 1. The van der Waals surface area contributed by atoms with E-state index >= 15 is 0 Å². The number of anilines is 1. The van der Waals surface area contributed by atoms with E-state index in [-0.39, 0.29) is 5.91 Å². The average Bonchev–Trinajstić information content (AvgIpc) is 3.25. The third-order valence-electron chi connectivity index (χ3n) is 4.64. The first kappa shape index (κ1) is 18.5. The van der Waals surface area contributed by atoms with Gasteiger partial charge in [-0.1, -0.05) is 22.9 Å². The maximum Gasteiger partial charge on any atom is 0.255 e. The van der Waals surface area contributed by atoms with Gasteiger partial charge in [-0.2, -0.15) is 0 Å². The lowest BCUT2D eigenvalue weighted by Crippen LogP contribution is -2.11. The largest absolute Gasteiger partial charge is 0.497 e. The molecule has 4 aromatic rings. The van der Waals surface area contributed by atoms with Crippen molar-refractivity contribution in [2.45, 2.75) is 6.92 Å². The second-order valence-corrected chi connectivity index (χ2v) is 6.70. The van der Waals surface area contributed by atoms with Crippen LogP contribution in [-0.4, -0.2) is 18.2 Å². The maximum atomic E-state index is 12.3. The smallest absolute Gasteiger partial charge is 0.255 e. The number of hydrogen-bond acceptors (Lipinski definition) is 4. The summed E-state index contributed by atoms with van der Waals surface area (Å²) in [5, 5.41) is 7.05. The van der Waals surface area contributed by atoms with Crippen LogP contribution in [0.25, 0.3) is 22.6 Å². The third-order valence-corrected chi connectivity index (χ3v) is 4.64. The van der Waals surface area contributed by atoms with Crippen LogP contribution < -0.4 is 10.1 Å². The summed E-state index contributed by atoms with van der Waals surface area (Å²) in [5.74, 6) is 1.31. The molecule has 1 N–H and O–H groups in total. The molecule has 0 radical (unpaired) electrons. The highest BCUT2D eigenvalue weighted by Gasteiger charge is 2.10. The number of benzene rings is 3. The van der Waals surface area contributed by atoms with Crippen molar-refractivity contribution < 1.29 is 14.1 Å². The number of nitrogens with zero attached hydrogens (tertiary/aromatic N) is 1. The van der Waals surface area contributed by atoms with Gasteiger partial charge in [-0.25, -0.2) is 0 Å². The highest BCUT2D eigenvalue weighted by Crippen LogP contribution is 2.28. The molecule has 0 spiro atoms. The monoisotopic (exact) mass is 384 g/mol. The summed E-state index contributed by atoms with van der Waals surface area (Å²) < 4.78 is 10.7. The minimum atomic E-state index is -0.140. The fourth-order valence-corrected chi connectivity index (χ4v) is 2.94. The van der Waals surface area contributed by atoms with E-state index in [4.69, 9.17) is 9.26 Å². The van der Waals surface area contributed by atoms with Crippen molar-refractivity contribution in [1.29, 1.82) is 0 Å². The first-order valence-electron chi connectivity index (χ1n) is 9.22. The number of ether oxygens (including phenoxy) is 1. The summed E-state index contributed by atoms with van der Waals surface area (Å²) >= 11 is 0. The summed E-state index contributed by atoms with van der Waals surface area (Å²) in [4.78, 5) is 12.3. The van der Waals surface area contributed by atoms with Crippen molar-refractivity contribution in [3.8, 4) is 28.3 Å². The highest BCUT2D eigenvalue weighted by atomic mass is 16.5. The van der Waals surface area contributed by atoms with E-state index in [2.05, 4.69) is 10.5 Å². The molecule has 0 saturated heterocycles. The molecule has 1 aromatic heterocycles. The molecule has 4 rings (SSSR count). The lowest BCUT2D eigenvalue weighted by atomic mass is 10.1. The molecule has 0 aliphatic carbocycles. The first-order chi connectivity index (χ1) is 14.1. The van der Waals surface area contributed by atoms with Crippen molar-refractivity contribution in [3.63, 3.8) is 0 Å². The Balaban J connectivity index is 1.47. The van der Waals surface area contributed by atoms with Gasteiger partial charge in [0.1, 0.15) is 11.4 Å². The molecule has 29 heavy (non-hydrogen) atoms. The molecule has 144 valence electrons. The third kappa shape index (κ3) is 4.19. The average molecular weight is 384 g/mol. The number of methoxy groups -OCH3 is 1. The molecule has 1 amide bonds. The van der Waals surface area contributed by atoms with Gasteiger partial charge >= 0.3 is 0 Å². The second kappa shape index (κ2) is 8.02. The van der Waals surface area contributed by atoms with E-state index in [0.29, 0.717) is 17.0 Å². The van der Waals surface area contributed by atoms with Gasteiger partial charge < -0.3 is 14.6 Å². The van der Waals surface area contributed by atoms with Crippen molar-refractivity contribution in [2.24, 2.45) is 0 Å².